The van der Waals surface area contributed by atoms with E-state index < -0.39 is 12.1 Å². The van der Waals surface area contributed by atoms with Gasteiger partial charge in [-0.1, -0.05) is 62.9 Å². The van der Waals surface area contributed by atoms with Crippen LogP contribution in [0.2, 0.25) is 0 Å². The first-order valence-corrected chi connectivity index (χ1v) is 8.92. The molecule has 0 radical (unpaired) electrons. The molecule has 2 N–H and O–H groups in total. The Hall–Kier alpha value is -2.04. The van der Waals surface area contributed by atoms with Crippen molar-refractivity contribution in [3.8, 4) is 0 Å². The van der Waals surface area contributed by atoms with Gasteiger partial charge in [0.05, 0.1) is 6.61 Å². The molecule has 0 aliphatic carbocycles. The van der Waals surface area contributed by atoms with E-state index in [-0.39, 0.29) is 12.5 Å². The van der Waals surface area contributed by atoms with Crippen molar-refractivity contribution in [2.45, 2.75) is 58.4 Å². The molecule has 5 heteroatoms. The molecular formula is C19H30N2O3. The second kappa shape index (κ2) is 12.4. The van der Waals surface area contributed by atoms with Crippen molar-refractivity contribution < 1.29 is 14.3 Å². The minimum Gasteiger partial charge on any atom is -0.450 e. The van der Waals surface area contributed by atoms with Gasteiger partial charge in [-0.15, -0.1) is 0 Å². The fourth-order valence-corrected chi connectivity index (χ4v) is 2.44. The van der Waals surface area contributed by atoms with Crippen molar-refractivity contribution in [1.82, 2.24) is 10.6 Å². The highest BCUT2D eigenvalue weighted by molar-refractivity contribution is 5.85. The highest BCUT2D eigenvalue weighted by atomic mass is 16.5. The Bertz CT molecular complexity index is 477. The Kier molecular flexibility index (Phi) is 10.3. The van der Waals surface area contributed by atoms with Gasteiger partial charge in [0.25, 0.3) is 0 Å². The fraction of sp³-hybridized carbons (Fsp3) is 0.579. The maximum atomic E-state index is 12.4. The van der Waals surface area contributed by atoms with Gasteiger partial charge >= 0.3 is 6.09 Å². The number of benzene rings is 1. The SMILES string of the molecule is CCCCCCCNC(=O)[C@H](Cc1ccccc1)NC(=O)OCC. The summed E-state index contributed by atoms with van der Waals surface area (Å²) in [5, 5.41) is 5.57. The molecule has 1 rings (SSSR count). The Morgan fingerprint density at radius 2 is 1.75 bits per heavy atom. The van der Waals surface area contributed by atoms with Gasteiger partial charge in [0, 0.05) is 13.0 Å². The standard InChI is InChI=1S/C19H30N2O3/c1-3-5-6-7-11-14-20-18(22)17(21-19(23)24-4-2)15-16-12-9-8-10-13-16/h8-10,12-13,17H,3-7,11,14-15H2,1-2H3,(H,20,22)(H,21,23)/t17-/m0/s1. The van der Waals surface area contributed by atoms with E-state index in [2.05, 4.69) is 17.6 Å². The van der Waals surface area contributed by atoms with Crippen LogP contribution >= 0.6 is 0 Å². The molecule has 0 heterocycles. The van der Waals surface area contributed by atoms with Crippen LogP contribution in [-0.2, 0) is 16.0 Å². The molecule has 0 fully saturated rings. The van der Waals surface area contributed by atoms with Crippen LogP contribution in [0.25, 0.3) is 0 Å². The normalized spacial score (nSPS) is 11.6. The lowest BCUT2D eigenvalue weighted by Gasteiger charge is -2.18. The first-order chi connectivity index (χ1) is 11.7. The molecule has 1 atom stereocenters. The average Bonchev–Trinajstić information content (AvgIpc) is 2.58. The summed E-state index contributed by atoms with van der Waals surface area (Å²) in [6, 6.07) is 9.02. The minimum atomic E-state index is -0.623. The predicted octanol–water partition coefficient (Wildman–Crippen LogP) is 3.43. The molecule has 0 spiro atoms. The minimum absolute atomic E-state index is 0.164. The van der Waals surface area contributed by atoms with Crippen molar-refractivity contribution in [1.29, 1.82) is 0 Å². The van der Waals surface area contributed by atoms with E-state index >= 15 is 0 Å². The predicted molar refractivity (Wildman–Crippen MR) is 95.9 cm³/mol. The van der Waals surface area contributed by atoms with Crippen LogP contribution < -0.4 is 10.6 Å². The van der Waals surface area contributed by atoms with Gasteiger partial charge in [0.1, 0.15) is 6.04 Å². The third-order valence-corrected chi connectivity index (χ3v) is 3.75. The van der Waals surface area contributed by atoms with Crippen LogP contribution in [0.4, 0.5) is 4.79 Å². The van der Waals surface area contributed by atoms with E-state index in [4.69, 9.17) is 4.74 Å². The van der Waals surface area contributed by atoms with E-state index in [0.29, 0.717) is 13.0 Å². The Labute approximate surface area is 145 Å². The first-order valence-electron chi connectivity index (χ1n) is 8.92. The third-order valence-electron chi connectivity index (χ3n) is 3.75. The number of unbranched alkanes of at least 4 members (excludes halogenated alkanes) is 4. The van der Waals surface area contributed by atoms with Crippen LogP contribution in [0.1, 0.15) is 51.5 Å². The lowest BCUT2D eigenvalue weighted by molar-refractivity contribution is -0.123. The molecule has 24 heavy (non-hydrogen) atoms. The molecule has 2 amide bonds. The number of carbonyl (C=O) groups is 2. The summed E-state index contributed by atoms with van der Waals surface area (Å²) in [6.07, 6.45) is 5.59. The summed E-state index contributed by atoms with van der Waals surface area (Å²) < 4.78 is 4.90. The number of alkyl carbamates (subject to hydrolysis) is 1. The van der Waals surface area contributed by atoms with E-state index in [1.807, 2.05) is 30.3 Å². The molecule has 0 saturated heterocycles. The zero-order valence-corrected chi connectivity index (χ0v) is 14.8. The highest BCUT2D eigenvalue weighted by Gasteiger charge is 2.21. The number of rotatable bonds is 11. The van der Waals surface area contributed by atoms with Gasteiger partial charge in [-0.25, -0.2) is 4.79 Å². The van der Waals surface area contributed by atoms with E-state index in [1.165, 1.54) is 19.3 Å². The Morgan fingerprint density at radius 1 is 1.04 bits per heavy atom. The Balaban J connectivity index is 2.49. The summed E-state index contributed by atoms with van der Waals surface area (Å²) >= 11 is 0. The van der Waals surface area contributed by atoms with Crippen molar-refractivity contribution in [2.24, 2.45) is 0 Å². The number of hydrogen-bond donors (Lipinski definition) is 2. The highest BCUT2D eigenvalue weighted by Crippen LogP contribution is 2.05. The molecule has 1 aromatic rings. The summed E-state index contributed by atoms with van der Waals surface area (Å²) in [6.45, 7) is 4.83. The second-order valence-corrected chi connectivity index (χ2v) is 5.81. The third kappa shape index (κ3) is 8.56. The van der Waals surface area contributed by atoms with E-state index in [1.54, 1.807) is 6.92 Å². The lowest BCUT2D eigenvalue weighted by Crippen LogP contribution is -2.48. The van der Waals surface area contributed by atoms with Crippen LogP contribution in [0, 0.1) is 0 Å². The van der Waals surface area contributed by atoms with Crippen LogP contribution in [0.15, 0.2) is 30.3 Å². The molecule has 134 valence electrons. The van der Waals surface area contributed by atoms with Gasteiger partial charge in [-0.2, -0.15) is 0 Å². The smallest absolute Gasteiger partial charge is 0.407 e. The van der Waals surface area contributed by atoms with Crippen LogP contribution in [0.5, 0.6) is 0 Å². The van der Waals surface area contributed by atoms with Gasteiger partial charge in [-0.3, -0.25) is 4.79 Å². The number of carbonyl (C=O) groups excluding carboxylic acids is 2. The van der Waals surface area contributed by atoms with Crippen LogP contribution in [-0.4, -0.2) is 31.2 Å². The summed E-state index contributed by atoms with van der Waals surface area (Å²) in [5.41, 5.74) is 0.998. The first kappa shape index (κ1) is 20.0. The average molecular weight is 334 g/mol. The van der Waals surface area contributed by atoms with E-state index in [0.717, 1.165) is 18.4 Å². The van der Waals surface area contributed by atoms with Crippen molar-refractivity contribution >= 4 is 12.0 Å². The van der Waals surface area contributed by atoms with Gasteiger partial charge in [0.15, 0.2) is 0 Å². The fourth-order valence-electron chi connectivity index (χ4n) is 2.44. The van der Waals surface area contributed by atoms with Gasteiger partial charge < -0.3 is 15.4 Å². The summed E-state index contributed by atoms with van der Waals surface area (Å²) in [4.78, 5) is 24.1. The maximum Gasteiger partial charge on any atom is 0.407 e. The van der Waals surface area contributed by atoms with E-state index in [9.17, 15) is 9.59 Å². The maximum absolute atomic E-state index is 12.4. The topological polar surface area (TPSA) is 67.4 Å². The summed E-state index contributed by atoms with van der Waals surface area (Å²) in [7, 11) is 0. The molecular weight excluding hydrogens is 304 g/mol. The number of ether oxygens (including phenoxy) is 1. The largest absolute Gasteiger partial charge is 0.450 e. The van der Waals surface area contributed by atoms with Crippen molar-refractivity contribution in [3.05, 3.63) is 35.9 Å². The van der Waals surface area contributed by atoms with Crippen LogP contribution in [0.3, 0.4) is 0 Å². The quantitative estimate of drug-likeness (QED) is 0.609. The zero-order chi connectivity index (χ0) is 17.6. The Morgan fingerprint density at radius 3 is 2.42 bits per heavy atom. The summed E-state index contributed by atoms with van der Waals surface area (Å²) in [5.74, 6) is -0.164. The van der Waals surface area contributed by atoms with Crippen molar-refractivity contribution in [3.63, 3.8) is 0 Å². The lowest BCUT2D eigenvalue weighted by atomic mass is 10.1. The molecule has 0 aliphatic rings. The molecule has 0 aromatic heterocycles. The molecule has 5 nitrogen and oxygen atoms in total. The zero-order valence-electron chi connectivity index (χ0n) is 14.8. The molecule has 0 aliphatic heterocycles. The molecule has 0 unspecified atom stereocenters. The molecule has 0 bridgehead atoms. The van der Waals surface area contributed by atoms with Gasteiger partial charge in [-0.05, 0) is 18.9 Å². The number of hydrogen-bond acceptors (Lipinski definition) is 3. The molecule has 0 saturated carbocycles. The van der Waals surface area contributed by atoms with Crippen molar-refractivity contribution in [2.75, 3.05) is 13.2 Å². The number of nitrogens with one attached hydrogen (secondary N) is 2. The second-order valence-electron chi connectivity index (χ2n) is 5.81. The molecule has 1 aromatic carbocycles. The number of amides is 2. The van der Waals surface area contributed by atoms with Gasteiger partial charge in [0.2, 0.25) is 5.91 Å². The monoisotopic (exact) mass is 334 g/mol.